The van der Waals surface area contributed by atoms with Crippen molar-refractivity contribution in [2.24, 2.45) is 0 Å². The molecule has 0 saturated carbocycles. The Bertz CT molecular complexity index is 2150. The van der Waals surface area contributed by atoms with E-state index in [1.165, 1.54) is 0 Å². The fourth-order valence-electron chi connectivity index (χ4n) is 8.30. The molecule has 6 rings (SSSR count). The van der Waals surface area contributed by atoms with Crippen molar-refractivity contribution >= 4 is 17.7 Å². The summed E-state index contributed by atoms with van der Waals surface area (Å²) in [6.45, 7) is 0.464. The van der Waals surface area contributed by atoms with Gasteiger partial charge in [0.25, 0.3) is 5.91 Å². The van der Waals surface area contributed by atoms with Crippen LogP contribution < -0.4 is 20.7 Å². The van der Waals surface area contributed by atoms with Crippen LogP contribution in [0.2, 0.25) is 0 Å². The second-order valence-electron chi connectivity index (χ2n) is 18.0. The number of carbonyl (C=O) groups is 3. The monoisotopic (exact) mass is 1040 g/mol. The van der Waals surface area contributed by atoms with E-state index in [1.54, 1.807) is 13.0 Å². The molecule has 15 atom stereocenters. The van der Waals surface area contributed by atoms with Crippen molar-refractivity contribution in [1.82, 2.24) is 31.2 Å². The van der Waals surface area contributed by atoms with Crippen LogP contribution in [0.25, 0.3) is 11.4 Å². The highest BCUT2D eigenvalue weighted by Crippen LogP contribution is 2.32. The van der Waals surface area contributed by atoms with E-state index in [0.29, 0.717) is 101 Å². The van der Waals surface area contributed by atoms with Gasteiger partial charge in [-0.25, -0.2) is 0 Å². The van der Waals surface area contributed by atoms with Gasteiger partial charge in [0, 0.05) is 50.9 Å². The number of ether oxygens (including phenoxy) is 6. The highest BCUT2D eigenvalue weighted by molar-refractivity contribution is 5.92. The number of hydrogen-bond donors (Lipinski definition) is 13. The molecule has 0 bridgehead atoms. The van der Waals surface area contributed by atoms with Gasteiger partial charge in [-0.2, -0.15) is 4.98 Å². The minimum Gasteiger partial charge on any atom is -0.494 e. The number of aliphatic hydroxyl groups excluding tert-OH is 10. The molecule has 0 spiro atoms. The van der Waals surface area contributed by atoms with Gasteiger partial charge in [-0.05, 0) is 56.4 Å². The Morgan fingerprint density at radius 1 is 0.616 bits per heavy atom. The fourth-order valence-corrected chi connectivity index (χ4v) is 8.30. The first-order valence-electron chi connectivity index (χ1n) is 24.3. The lowest BCUT2D eigenvalue weighted by Gasteiger charge is -2.48. The minimum absolute atomic E-state index is 0.00507. The van der Waals surface area contributed by atoms with E-state index in [1.807, 2.05) is 24.3 Å². The molecule has 27 heteroatoms. The van der Waals surface area contributed by atoms with Crippen LogP contribution in [0.4, 0.5) is 0 Å². The fraction of sp³-hybridized carbons (Fsp3) is 0.696. The van der Waals surface area contributed by atoms with E-state index in [0.717, 1.165) is 5.56 Å². The molecule has 408 valence electrons. The van der Waals surface area contributed by atoms with Crippen molar-refractivity contribution in [3.63, 3.8) is 0 Å². The summed E-state index contributed by atoms with van der Waals surface area (Å²) in [5.41, 5.74) is 0.993. The maximum Gasteiger partial charge on any atom is 0.273 e. The lowest BCUT2D eigenvalue weighted by atomic mass is 9.95. The first-order chi connectivity index (χ1) is 35.1. The molecule has 3 aliphatic rings. The Labute approximate surface area is 418 Å². The maximum absolute atomic E-state index is 12.8. The lowest BCUT2D eigenvalue weighted by Crippen LogP contribution is -2.67. The van der Waals surface area contributed by atoms with Crippen LogP contribution in [-0.4, -0.2) is 216 Å². The average Bonchev–Trinajstić information content (AvgIpc) is 4.06. The van der Waals surface area contributed by atoms with Crippen LogP contribution in [0.15, 0.2) is 39.4 Å². The zero-order chi connectivity index (χ0) is 52.6. The topological polar surface area (TPSA) is 410 Å². The van der Waals surface area contributed by atoms with Crippen molar-refractivity contribution in [3.05, 3.63) is 47.7 Å². The third kappa shape index (κ3) is 15.9. The van der Waals surface area contributed by atoms with E-state index >= 15 is 0 Å². The molecular weight excluding hydrogens is 973 g/mol. The summed E-state index contributed by atoms with van der Waals surface area (Å²) in [6.07, 6.45) is -20.9. The average molecular weight is 1040 g/mol. The normalized spacial score (nSPS) is 30.4. The maximum atomic E-state index is 12.8. The van der Waals surface area contributed by atoms with Gasteiger partial charge >= 0.3 is 0 Å². The number of aromatic nitrogens is 3. The second kappa shape index (κ2) is 28.2. The zero-order valence-electron chi connectivity index (χ0n) is 40.2. The summed E-state index contributed by atoms with van der Waals surface area (Å²) in [5, 5.41) is 120. The Kier molecular flexibility index (Phi) is 22.2. The van der Waals surface area contributed by atoms with Crippen LogP contribution in [0.1, 0.15) is 79.9 Å². The van der Waals surface area contributed by atoms with E-state index in [4.69, 9.17) is 37.5 Å². The molecule has 5 heterocycles. The molecule has 73 heavy (non-hydrogen) atoms. The predicted octanol–water partition coefficient (Wildman–Crippen LogP) is -3.42. The lowest BCUT2D eigenvalue weighted by molar-refractivity contribution is -0.374. The molecule has 1 aromatic carbocycles. The summed E-state index contributed by atoms with van der Waals surface area (Å²) in [7, 11) is 0. The number of aliphatic hydroxyl groups is 10. The van der Waals surface area contributed by atoms with Gasteiger partial charge < -0.3 is 104 Å². The molecule has 0 unspecified atom stereocenters. The number of benzene rings is 1. The Morgan fingerprint density at radius 2 is 1.25 bits per heavy atom. The largest absolute Gasteiger partial charge is 0.494 e. The van der Waals surface area contributed by atoms with Crippen molar-refractivity contribution in [2.45, 2.75) is 163 Å². The number of hydrogen-bond acceptors (Lipinski definition) is 24. The summed E-state index contributed by atoms with van der Waals surface area (Å²) in [5.74, 6) is 1.21. The number of nitrogens with one attached hydrogen (secondary N) is 3. The first-order valence-corrected chi connectivity index (χ1v) is 24.3. The van der Waals surface area contributed by atoms with Crippen LogP contribution in [0, 0.1) is 6.92 Å². The van der Waals surface area contributed by atoms with Crippen LogP contribution in [0.3, 0.4) is 0 Å². The molecule has 2 aromatic heterocycles. The summed E-state index contributed by atoms with van der Waals surface area (Å²) < 4.78 is 43.9. The Hall–Kier alpha value is -4.82. The summed E-state index contributed by atoms with van der Waals surface area (Å²) in [6, 6.07) is 8.94. The van der Waals surface area contributed by atoms with Gasteiger partial charge in [-0.1, -0.05) is 23.2 Å². The molecule has 3 fully saturated rings. The molecule has 0 aliphatic carbocycles. The minimum atomic E-state index is -1.97. The number of unbranched alkanes of at least 4 members (excludes halogenated alkanes) is 4. The molecule has 3 aromatic rings. The zero-order valence-corrected chi connectivity index (χ0v) is 40.2. The summed E-state index contributed by atoms with van der Waals surface area (Å²) >= 11 is 0. The third-order valence-corrected chi connectivity index (χ3v) is 12.5. The van der Waals surface area contributed by atoms with Gasteiger partial charge in [0.2, 0.25) is 23.5 Å². The van der Waals surface area contributed by atoms with Crippen LogP contribution in [-0.2, 0) is 39.7 Å². The van der Waals surface area contributed by atoms with E-state index in [9.17, 15) is 65.4 Å². The Balaban J connectivity index is 0.798. The summed E-state index contributed by atoms with van der Waals surface area (Å²) in [4.78, 5) is 41.9. The third-order valence-electron chi connectivity index (χ3n) is 12.5. The highest BCUT2D eigenvalue weighted by Gasteiger charge is 2.53. The SMILES string of the molecule is Cc1nc(-c2ccc(OCCCc3cc(C(=O)NCCCCCC(=O)NCCCCCC(=O)N[C@@H]4O[C@H](CO)[C@@H](O[C@@H]5O[C@H](CO)[C@H](O)[C@H](O[C@@H]6O[C@H](CO)[C@H](O)[C@H](O)[C@H]6O)[C@H]5O)[C@H](O)[C@H]4O)no3)cc2)no1. The molecular formula is C46H68N6O21. The van der Waals surface area contributed by atoms with Gasteiger partial charge in [-0.15, -0.1) is 0 Å². The van der Waals surface area contributed by atoms with Gasteiger partial charge in [0.15, 0.2) is 24.5 Å². The Morgan fingerprint density at radius 3 is 1.90 bits per heavy atom. The smallest absolute Gasteiger partial charge is 0.273 e. The molecule has 13 N–H and O–H groups in total. The van der Waals surface area contributed by atoms with Crippen molar-refractivity contribution < 1.29 is 103 Å². The standard InChI is InChI=1S/C46H68N6O21/c1-23-49-42(52-72-23)24-12-14-25(15-13-24)66-18-8-9-26-19-27(51-73-26)43(65)48-17-7-2-4-10-31(56)47-16-6-3-5-11-32(57)50-44-37(62)36(61)40(30(22-55)67-44)70-46-39(64)41(34(59)29(21-54)69-46)71-45-38(63)35(60)33(58)28(20-53)68-45/h12-15,19,28-30,33-41,44-46,53-55,58-64H,2-11,16-18,20-22H2,1H3,(H,47,56)(H,48,65)(H,50,57)/t28-,29-,30-,33+,34+,35+,36-,37-,38-,39-,40-,41+,44-,45+,46+/m1/s1. The van der Waals surface area contributed by atoms with E-state index in [-0.39, 0.29) is 23.9 Å². The number of aryl methyl sites for hydroxylation is 2. The van der Waals surface area contributed by atoms with E-state index in [2.05, 4.69) is 31.2 Å². The second-order valence-corrected chi connectivity index (χ2v) is 18.0. The van der Waals surface area contributed by atoms with Gasteiger partial charge in [-0.3, -0.25) is 14.4 Å². The first kappa shape index (κ1) is 57.5. The number of amides is 3. The quantitative estimate of drug-likeness (QED) is 0.0331. The van der Waals surface area contributed by atoms with Crippen LogP contribution in [0.5, 0.6) is 5.75 Å². The van der Waals surface area contributed by atoms with E-state index < -0.39 is 118 Å². The van der Waals surface area contributed by atoms with Gasteiger partial charge in [0.1, 0.15) is 84.8 Å². The van der Waals surface area contributed by atoms with Crippen molar-refractivity contribution in [2.75, 3.05) is 39.5 Å². The van der Waals surface area contributed by atoms with Gasteiger partial charge in [0.05, 0.1) is 26.4 Å². The molecule has 0 radical (unpaired) electrons. The van der Waals surface area contributed by atoms with Crippen LogP contribution >= 0.6 is 0 Å². The van der Waals surface area contributed by atoms with Crippen molar-refractivity contribution in [3.8, 4) is 17.1 Å². The number of nitrogens with zero attached hydrogens (tertiary/aromatic N) is 3. The predicted molar refractivity (Wildman–Crippen MR) is 244 cm³/mol. The number of rotatable bonds is 27. The molecule has 3 saturated heterocycles. The number of carbonyl (C=O) groups excluding carboxylic acids is 3. The molecule has 27 nitrogen and oxygen atoms in total. The highest BCUT2D eigenvalue weighted by atomic mass is 16.7. The van der Waals surface area contributed by atoms with Crippen molar-refractivity contribution in [1.29, 1.82) is 0 Å². The molecule has 3 amide bonds. The molecule has 3 aliphatic heterocycles.